The Morgan fingerprint density at radius 3 is 2.03 bits per heavy atom. The summed E-state index contributed by atoms with van der Waals surface area (Å²) in [5.74, 6) is -10.5. The third-order valence-electron chi connectivity index (χ3n) is 10.6. The van der Waals surface area contributed by atoms with Gasteiger partial charge in [-0.3, -0.25) is 43.8 Å². The lowest BCUT2D eigenvalue weighted by Crippen LogP contribution is -2.60. The molecule has 0 spiro atoms. The molecule has 7 atom stereocenters. The lowest BCUT2D eigenvalue weighted by molar-refractivity contribution is -0.153. The molecule has 0 aromatic rings. The van der Waals surface area contributed by atoms with Gasteiger partial charge in [-0.2, -0.15) is 13.2 Å². The van der Waals surface area contributed by atoms with Crippen LogP contribution in [0, 0.1) is 5.41 Å². The largest absolute Gasteiger partial charge is 0.477 e. The molecule has 71 heavy (non-hydrogen) atoms. The van der Waals surface area contributed by atoms with E-state index in [0.29, 0.717) is 25.8 Å². The highest BCUT2D eigenvalue weighted by Gasteiger charge is 2.42. The summed E-state index contributed by atoms with van der Waals surface area (Å²) in [4.78, 5) is 123. The normalized spacial score (nSPS) is 16.5. The molecule has 1 aliphatic heterocycles. The van der Waals surface area contributed by atoms with Crippen molar-refractivity contribution >= 4 is 64.9 Å². The lowest BCUT2D eigenvalue weighted by atomic mass is 10.1. The number of carbonyl (C=O) groups excluding carboxylic acids is 8. The van der Waals surface area contributed by atoms with E-state index in [0.717, 1.165) is 11.0 Å². The molecule has 0 aromatic carbocycles. The molecule has 1 aliphatic rings. The first-order chi connectivity index (χ1) is 33.4. The number of hydrogen-bond donors (Lipinski definition) is 16. The molecular weight excluding hydrogens is 950 g/mol. The highest BCUT2D eigenvalue weighted by atomic mass is 19.4. The van der Waals surface area contributed by atoms with Gasteiger partial charge in [-0.25, -0.2) is 9.79 Å². The summed E-state index contributed by atoms with van der Waals surface area (Å²) in [5, 5.41) is 42.7. The van der Waals surface area contributed by atoms with Gasteiger partial charge in [0, 0.05) is 19.6 Å². The molecule has 0 unspecified atom stereocenters. The van der Waals surface area contributed by atoms with Gasteiger partial charge >= 0.3 is 12.1 Å². The van der Waals surface area contributed by atoms with Crippen LogP contribution in [0.2, 0.25) is 0 Å². The number of nitrogens with one attached hydrogen (secondary N) is 8. The summed E-state index contributed by atoms with van der Waals surface area (Å²) in [6.45, 7) is 0.333. The molecule has 22 N–H and O–H groups in total. The van der Waals surface area contributed by atoms with E-state index in [4.69, 9.17) is 39.8 Å². The number of guanidine groups is 1. The van der Waals surface area contributed by atoms with Crippen molar-refractivity contribution < 1.29 is 66.5 Å². The number of nitrogens with zero attached hydrogens (tertiary/aromatic N) is 2. The average molecular weight is 1020 g/mol. The molecule has 0 saturated carbocycles. The van der Waals surface area contributed by atoms with Gasteiger partial charge in [-0.05, 0) is 90.8 Å². The highest BCUT2D eigenvalue weighted by Crippen LogP contribution is 2.24. The SMILES string of the molecule is C[C@H](NC(=O)[C@@H](NC(=O)[C@@H](N)CCCCN)[C@@H](O)CN)C(=O)NCC(=O)/N=C(\CCCN)C(=O)N1CCC[C@H]1C(=O)N[C@@H](CC(F)(F)F)C(=O)N[C@@H](CCCCN)C(=O)N/C(=C\CCNC(=N)N)C(=O)O. The monoisotopic (exact) mass is 1020 g/mol. The van der Waals surface area contributed by atoms with Crippen LogP contribution in [0.25, 0.3) is 0 Å². The summed E-state index contributed by atoms with van der Waals surface area (Å²) in [6.07, 6.45) is -5.98. The first-order valence-corrected chi connectivity index (χ1v) is 22.9. The Balaban J connectivity index is 3.22. The topological polar surface area (TPSA) is 474 Å². The van der Waals surface area contributed by atoms with E-state index in [1.807, 2.05) is 5.32 Å². The molecule has 1 saturated heterocycles. The number of rotatable bonds is 32. The minimum Gasteiger partial charge on any atom is -0.477 e. The van der Waals surface area contributed by atoms with Crippen molar-refractivity contribution in [1.82, 2.24) is 42.1 Å². The fourth-order valence-electron chi connectivity index (χ4n) is 6.75. The van der Waals surface area contributed by atoms with Crippen molar-refractivity contribution in [2.75, 3.05) is 45.8 Å². The fraction of sp³-hybridized carbons (Fsp3) is 0.683. The van der Waals surface area contributed by atoms with Crippen LogP contribution in [-0.4, -0.2) is 174 Å². The molecule has 1 fully saturated rings. The molecule has 8 amide bonds. The second-order valence-corrected chi connectivity index (χ2v) is 16.4. The Hall–Kier alpha value is -6.34. The third-order valence-corrected chi connectivity index (χ3v) is 10.6. The second-order valence-electron chi connectivity index (χ2n) is 16.4. The fourth-order valence-corrected chi connectivity index (χ4v) is 6.75. The Morgan fingerprint density at radius 2 is 1.45 bits per heavy atom. The summed E-state index contributed by atoms with van der Waals surface area (Å²) in [5.41, 5.74) is 32.2. The van der Waals surface area contributed by atoms with Gasteiger partial charge < -0.3 is 86.7 Å². The van der Waals surface area contributed by atoms with Gasteiger partial charge in [0.25, 0.3) is 11.8 Å². The summed E-state index contributed by atoms with van der Waals surface area (Å²) >= 11 is 0. The molecule has 1 rings (SSSR count). The zero-order valence-electron chi connectivity index (χ0n) is 39.6. The molecule has 30 heteroatoms. The number of unbranched alkanes of at least 4 members (excludes halogenated alkanes) is 2. The maximum Gasteiger partial charge on any atom is 0.391 e. The van der Waals surface area contributed by atoms with Crippen LogP contribution < -0.4 is 71.6 Å². The van der Waals surface area contributed by atoms with Crippen LogP contribution in [0.5, 0.6) is 0 Å². The van der Waals surface area contributed by atoms with Gasteiger partial charge in [0.2, 0.25) is 35.4 Å². The van der Waals surface area contributed by atoms with Gasteiger partial charge in [0.05, 0.1) is 25.1 Å². The van der Waals surface area contributed by atoms with Gasteiger partial charge in [-0.15, -0.1) is 0 Å². The van der Waals surface area contributed by atoms with Crippen molar-refractivity contribution in [2.45, 2.75) is 133 Å². The van der Waals surface area contributed by atoms with Gasteiger partial charge in [0.1, 0.15) is 41.6 Å². The number of carbonyl (C=O) groups is 9. The van der Waals surface area contributed by atoms with Crippen LogP contribution in [-0.2, 0) is 43.2 Å². The maximum absolute atomic E-state index is 13.9. The Bertz CT molecular complexity index is 1910. The predicted molar refractivity (Wildman–Crippen MR) is 250 cm³/mol. The van der Waals surface area contributed by atoms with Crippen LogP contribution in [0.15, 0.2) is 16.8 Å². The van der Waals surface area contributed by atoms with E-state index in [2.05, 4.69) is 36.9 Å². The van der Waals surface area contributed by atoms with Crippen molar-refractivity contribution in [1.29, 1.82) is 5.41 Å². The molecule has 27 nitrogen and oxygen atoms in total. The van der Waals surface area contributed by atoms with E-state index in [1.54, 1.807) is 0 Å². The minimum absolute atomic E-state index is 0.00482. The van der Waals surface area contributed by atoms with E-state index < -0.39 is 139 Å². The second kappa shape index (κ2) is 32.5. The summed E-state index contributed by atoms with van der Waals surface area (Å²) in [6, 6.07) is -9.47. The van der Waals surface area contributed by atoms with Crippen LogP contribution in [0.4, 0.5) is 13.2 Å². The van der Waals surface area contributed by atoms with Crippen molar-refractivity contribution in [2.24, 2.45) is 39.4 Å². The number of hydrogen-bond acceptors (Lipinski definition) is 16. The van der Waals surface area contributed by atoms with E-state index in [-0.39, 0.29) is 77.5 Å². The number of aliphatic hydroxyl groups excluding tert-OH is 1. The predicted octanol–water partition coefficient (Wildman–Crippen LogP) is -5.43. The quantitative estimate of drug-likeness (QED) is 0.0129. The zero-order chi connectivity index (χ0) is 53.8. The van der Waals surface area contributed by atoms with E-state index in [1.165, 1.54) is 6.92 Å². The number of amides is 8. The standard InChI is InChI=1S/C41H71F3N16O11/c1-22(54-37(68)31(29(61)20-48)59-33(64)23(49)9-2-4-14-45)32(63)53-21-30(62)55-25(11-6-16-47)38(69)60-18-8-13-28(60)36(67)58-27(19-41(42,43)44)35(66)56-24(10-3-5-15-46)34(65)57-26(39(70)71)12-7-17-52-40(50)51/h12,22-24,27-29,31,61H,2-11,13-21,45-49H2,1H3,(H,53,63)(H,54,68)(H,56,66)(H,57,65)(H,58,67)(H,59,64)(H,70,71)(H4,50,51,52)/b26-12-,55-25+/t22-,23-,24-,27-,28-,29-,31-/m0/s1. The van der Waals surface area contributed by atoms with Crippen LogP contribution in [0.1, 0.15) is 84.0 Å². The number of nitrogens with two attached hydrogens (primary N) is 6. The number of carboxylic acids is 1. The van der Waals surface area contributed by atoms with E-state index in [9.17, 15) is 66.5 Å². The Labute approximate surface area is 407 Å². The Kier molecular flexibility index (Phi) is 28.7. The number of aliphatic imine (C=N–C) groups is 1. The van der Waals surface area contributed by atoms with Crippen molar-refractivity contribution in [3.8, 4) is 0 Å². The zero-order valence-corrected chi connectivity index (χ0v) is 39.6. The minimum atomic E-state index is -5.06. The first kappa shape index (κ1) is 62.7. The van der Waals surface area contributed by atoms with E-state index >= 15 is 0 Å². The average Bonchev–Trinajstić information content (AvgIpc) is 3.81. The number of carboxylic acid groups (broad SMARTS) is 1. The number of aliphatic carboxylic acids is 1. The molecule has 0 aliphatic carbocycles. The number of halogens is 3. The third kappa shape index (κ3) is 23.9. The molecule has 0 aromatic heterocycles. The van der Waals surface area contributed by atoms with Gasteiger partial charge in [-0.1, -0.05) is 12.5 Å². The molecular formula is C41H71F3N16O11. The van der Waals surface area contributed by atoms with Crippen LogP contribution >= 0.6 is 0 Å². The van der Waals surface area contributed by atoms with Crippen LogP contribution in [0.3, 0.4) is 0 Å². The maximum atomic E-state index is 13.9. The molecule has 402 valence electrons. The highest BCUT2D eigenvalue weighted by molar-refractivity contribution is 6.40. The number of aliphatic hydroxyl groups is 1. The van der Waals surface area contributed by atoms with Gasteiger partial charge in [0.15, 0.2) is 5.96 Å². The smallest absolute Gasteiger partial charge is 0.391 e. The molecule has 0 radical (unpaired) electrons. The summed E-state index contributed by atoms with van der Waals surface area (Å²) < 4.78 is 41.7. The Morgan fingerprint density at radius 1 is 0.817 bits per heavy atom. The lowest BCUT2D eigenvalue weighted by Gasteiger charge is -2.28. The molecule has 0 bridgehead atoms. The number of likely N-dealkylation sites (tertiary alicyclic amines) is 1. The molecule has 1 heterocycles. The first-order valence-electron chi connectivity index (χ1n) is 22.9. The summed E-state index contributed by atoms with van der Waals surface area (Å²) in [7, 11) is 0. The van der Waals surface area contributed by atoms with Crippen molar-refractivity contribution in [3.63, 3.8) is 0 Å². The van der Waals surface area contributed by atoms with Crippen molar-refractivity contribution in [3.05, 3.63) is 11.8 Å². The number of alkyl halides is 3.